The van der Waals surface area contributed by atoms with E-state index in [-0.39, 0.29) is 53.5 Å². The average Bonchev–Trinajstić information content (AvgIpc) is 2.83. The fourth-order valence-corrected chi connectivity index (χ4v) is 4.92. The van der Waals surface area contributed by atoms with Gasteiger partial charge >= 0.3 is 5.51 Å². The Bertz CT molecular complexity index is 1350. The molecule has 0 radical (unpaired) electrons. The molecule has 1 aliphatic heterocycles. The van der Waals surface area contributed by atoms with Gasteiger partial charge in [-0.25, -0.2) is 4.98 Å². The Morgan fingerprint density at radius 3 is 2.64 bits per heavy atom. The molecule has 3 aromatic rings. The quantitative estimate of drug-likeness (QED) is 0.338. The zero-order chi connectivity index (χ0) is 26.1. The molecule has 1 amide bonds. The summed E-state index contributed by atoms with van der Waals surface area (Å²) < 4.78 is 38.9. The number of rotatable bonds is 6. The van der Waals surface area contributed by atoms with Gasteiger partial charge in [0.1, 0.15) is 23.9 Å². The molecule has 1 fully saturated rings. The van der Waals surface area contributed by atoms with E-state index in [2.05, 4.69) is 15.6 Å². The fourth-order valence-electron chi connectivity index (χ4n) is 4.38. The van der Waals surface area contributed by atoms with Gasteiger partial charge in [0.25, 0.3) is 11.5 Å². The molecular formula is C24H23F3N4O4S. The van der Waals surface area contributed by atoms with Crippen molar-refractivity contribution in [2.45, 2.75) is 48.5 Å². The van der Waals surface area contributed by atoms with Gasteiger partial charge in [-0.3, -0.25) is 19.5 Å². The number of aliphatic hydroxyl groups excluding tert-OH is 1. The van der Waals surface area contributed by atoms with Crippen LogP contribution in [0.4, 0.5) is 13.2 Å². The van der Waals surface area contributed by atoms with Gasteiger partial charge in [-0.15, -0.1) is 0 Å². The van der Waals surface area contributed by atoms with Crippen LogP contribution in [0.3, 0.4) is 0 Å². The maximum Gasteiger partial charge on any atom is 0.446 e. The zero-order valence-electron chi connectivity index (χ0n) is 19.1. The van der Waals surface area contributed by atoms with Crippen molar-refractivity contribution < 1.29 is 27.9 Å². The Morgan fingerprint density at radius 1 is 1.31 bits per heavy atom. The molecule has 3 N–H and O–H groups in total. The first kappa shape index (κ1) is 25.9. The van der Waals surface area contributed by atoms with E-state index in [1.807, 2.05) is 0 Å². The van der Waals surface area contributed by atoms with Crippen LogP contribution >= 0.6 is 11.8 Å². The van der Waals surface area contributed by atoms with Crippen molar-refractivity contribution in [3.8, 4) is 0 Å². The van der Waals surface area contributed by atoms with E-state index in [9.17, 15) is 32.7 Å². The predicted molar refractivity (Wildman–Crippen MR) is 128 cm³/mol. The van der Waals surface area contributed by atoms with Crippen LogP contribution in [0.1, 0.15) is 34.6 Å². The number of alkyl halides is 3. The van der Waals surface area contributed by atoms with E-state index >= 15 is 0 Å². The number of benzene rings is 2. The molecule has 1 aromatic heterocycles. The lowest BCUT2D eigenvalue weighted by Gasteiger charge is -2.37. The van der Waals surface area contributed by atoms with Gasteiger partial charge < -0.3 is 15.2 Å². The van der Waals surface area contributed by atoms with Gasteiger partial charge in [-0.2, -0.15) is 13.2 Å². The summed E-state index contributed by atoms with van der Waals surface area (Å²) in [6.45, 7) is 1.65. The first-order chi connectivity index (χ1) is 17.0. The summed E-state index contributed by atoms with van der Waals surface area (Å²) in [5.74, 6) is -0.179. The lowest BCUT2D eigenvalue weighted by Crippen LogP contribution is -2.56. The highest BCUT2D eigenvalue weighted by molar-refractivity contribution is 8.00. The molecule has 0 saturated carbocycles. The van der Waals surface area contributed by atoms with Gasteiger partial charge in [0.15, 0.2) is 0 Å². The summed E-state index contributed by atoms with van der Waals surface area (Å²) in [7, 11) is 0. The number of hydrogen-bond acceptors (Lipinski definition) is 7. The van der Waals surface area contributed by atoms with Gasteiger partial charge in [-0.1, -0.05) is 12.1 Å². The maximum atomic E-state index is 13.6. The van der Waals surface area contributed by atoms with Gasteiger partial charge in [0, 0.05) is 23.5 Å². The van der Waals surface area contributed by atoms with Gasteiger partial charge in [0.2, 0.25) is 0 Å². The molecule has 2 atom stereocenters. The third-order valence-electron chi connectivity index (χ3n) is 6.10. The normalized spacial score (nSPS) is 20.3. The number of aliphatic hydroxyl groups is 1. The lowest BCUT2D eigenvalue weighted by molar-refractivity contribution is -0.117. The van der Waals surface area contributed by atoms with Crippen LogP contribution in [-0.4, -0.2) is 45.1 Å². The second kappa shape index (κ2) is 10.0. The topological polar surface area (TPSA) is 113 Å². The third kappa shape index (κ3) is 5.30. The molecule has 12 heteroatoms. The molecule has 0 bridgehead atoms. The first-order valence-corrected chi connectivity index (χ1v) is 11.9. The minimum absolute atomic E-state index is 0.0380. The highest BCUT2D eigenvalue weighted by Gasteiger charge is 2.39. The number of aromatic nitrogens is 2. The molecule has 36 heavy (non-hydrogen) atoms. The van der Waals surface area contributed by atoms with E-state index in [1.54, 1.807) is 25.1 Å². The molecule has 8 nitrogen and oxygen atoms in total. The number of aldehydes is 1. The Labute approximate surface area is 207 Å². The number of thioether (sulfide) groups is 1. The van der Waals surface area contributed by atoms with Crippen molar-refractivity contribution in [1.82, 2.24) is 20.2 Å². The average molecular weight is 521 g/mol. The molecule has 1 aliphatic rings. The minimum atomic E-state index is -4.42. The lowest BCUT2D eigenvalue weighted by atomic mass is 9.90. The van der Waals surface area contributed by atoms with Crippen molar-refractivity contribution in [1.29, 1.82) is 0 Å². The number of fused-ring (bicyclic) bond motifs is 1. The second-order valence-electron chi connectivity index (χ2n) is 8.52. The first-order valence-electron chi connectivity index (χ1n) is 11.1. The van der Waals surface area contributed by atoms with Crippen molar-refractivity contribution >= 4 is 34.9 Å². The number of nitrogens with one attached hydrogen (secondary N) is 2. The summed E-state index contributed by atoms with van der Waals surface area (Å²) >= 11 is -0.269. The van der Waals surface area contributed by atoms with Crippen LogP contribution in [0.15, 0.2) is 52.2 Å². The summed E-state index contributed by atoms with van der Waals surface area (Å²) in [6.07, 6.45) is 0.453. The second-order valence-corrected chi connectivity index (χ2v) is 9.66. The summed E-state index contributed by atoms with van der Waals surface area (Å²) in [6, 6.07) is 10.0. The van der Waals surface area contributed by atoms with Crippen LogP contribution in [0.2, 0.25) is 0 Å². The fraction of sp³-hybridized carbons (Fsp3) is 0.333. The van der Waals surface area contributed by atoms with E-state index in [0.29, 0.717) is 23.2 Å². The third-order valence-corrected chi connectivity index (χ3v) is 6.84. The monoisotopic (exact) mass is 520 g/mol. The molecule has 2 aromatic carbocycles. The van der Waals surface area contributed by atoms with Gasteiger partial charge in [0.05, 0.1) is 10.9 Å². The van der Waals surface area contributed by atoms with Crippen molar-refractivity contribution in [2.24, 2.45) is 0 Å². The SMILES string of the molecule is Cc1nc2cccc(CNC(=O)c3ccc(SC(F)(F)F)cc3)c2c(=O)n1C1(C=O)CCC(O)NC1. The van der Waals surface area contributed by atoms with E-state index < -0.39 is 28.7 Å². The molecular weight excluding hydrogens is 497 g/mol. The number of halogens is 3. The highest BCUT2D eigenvalue weighted by atomic mass is 32.2. The standard InChI is InChI=1S/C24H23F3N4O4S/c1-14-30-18-4-2-3-16(11-28-21(34)15-5-7-17(8-6-15)36-24(25,26)27)20(18)22(35)31(14)23(13-32)10-9-19(33)29-12-23/h2-8,13,19,29,33H,9-12H2,1H3,(H,28,34). The largest absolute Gasteiger partial charge is 0.446 e. The smallest absolute Gasteiger partial charge is 0.379 e. The van der Waals surface area contributed by atoms with Crippen molar-refractivity contribution in [3.05, 3.63) is 69.8 Å². The number of carbonyl (C=O) groups excluding carboxylic acids is 2. The number of hydrogen-bond donors (Lipinski definition) is 3. The van der Waals surface area contributed by atoms with Crippen LogP contribution in [-0.2, 0) is 16.9 Å². The number of amides is 1. The summed E-state index contributed by atoms with van der Waals surface area (Å²) in [4.78, 5) is 42.9. The molecule has 0 spiro atoms. The number of piperidine rings is 1. The molecule has 1 saturated heterocycles. The summed E-state index contributed by atoms with van der Waals surface area (Å²) in [5, 5.41) is 15.6. The molecule has 4 rings (SSSR count). The highest BCUT2D eigenvalue weighted by Crippen LogP contribution is 2.36. The number of carbonyl (C=O) groups is 2. The molecule has 0 aliphatic carbocycles. The predicted octanol–water partition coefficient (Wildman–Crippen LogP) is 2.84. The Balaban J connectivity index is 1.62. The Kier molecular flexibility index (Phi) is 7.21. The van der Waals surface area contributed by atoms with E-state index in [0.717, 1.165) is 0 Å². The summed E-state index contributed by atoms with van der Waals surface area (Å²) in [5.41, 5.74) is -5.04. The van der Waals surface area contributed by atoms with E-state index in [4.69, 9.17) is 0 Å². The van der Waals surface area contributed by atoms with Crippen LogP contribution in [0, 0.1) is 6.92 Å². The zero-order valence-corrected chi connectivity index (χ0v) is 19.9. The number of aryl methyl sites for hydroxylation is 1. The number of nitrogens with zero attached hydrogens (tertiary/aromatic N) is 2. The molecule has 190 valence electrons. The Hall–Kier alpha value is -3.22. The van der Waals surface area contributed by atoms with Crippen molar-refractivity contribution in [3.63, 3.8) is 0 Å². The molecule has 2 heterocycles. The van der Waals surface area contributed by atoms with Gasteiger partial charge in [-0.05, 0) is 67.4 Å². The maximum absolute atomic E-state index is 13.6. The molecule has 2 unspecified atom stereocenters. The van der Waals surface area contributed by atoms with Crippen LogP contribution < -0.4 is 16.2 Å². The Morgan fingerprint density at radius 2 is 2.03 bits per heavy atom. The van der Waals surface area contributed by atoms with Crippen LogP contribution in [0.25, 0.3) is 10.9 Å². The van der Waals surface area contributed by atoms with E-state index in [1.165, 1.54) is 28.8 Å². The van der Waals surface area contributed by atoms with Crippen molar-refractivity contribution in [2.75, 3.05) is 6.54 Å². The minimum Gasteiger partial charge on any atom is -0.379 e. The van der Waals surface area contributed by atoms with Crippen LogP contribution in [0.5, 0.6) is 0 Å².